The second kappa shape index (κ2) is 5.77. The highest BCUT2D eigenvalue weighted by Gasteiger charge is 2.14. The zero-order chi connectivity index (χ0) is 13.8. The molecule has 2 aromatic heterocycles. The predicted octanol–water partition coefficient (Wildman–Crippen LogP) is 1.62. The Labute approximate surface area is 115 Å². The van der Waals surface area contributed by atoms with Crippen LogP contribution in [0.2, 0.25) is 0 Å². The minimum Gasteiger partial charge on any atom is -0.343 e. The molecule has 0 aliphatic heterocycles. The SMILES string of the molecule is Cc1csc(C(C)NC(=O)c2ccnc(NN)c2)n1. The van der Waals surface area contributed by atoms with Gasteiger partial charge in [0, 0.05) is 22.8 Å². The number of nitrogens with one attached hydrogen (secondary N) is 2. The average molecular weight is 277 g/mol. The summed E-state index contributed by atoms with van der Waals surface area (Å²) < 4.78 is 0. The van der Waals surface area contributed by atoms with Gasteiger partial charge in [0.2, 0.25) is 0 Å². The Bertz CT molecular complexity index is 583. The second-order valence-electron chi connectivity index (χ2n) is 4.10. The monoisotopic (exact) mass is 277 g/mol. The molecule has 0 fully saturated rings. The minimum atomic E-state index is -0.181. The first-order valence-corrected chi connectivity index (χ1v) is 6.63. The number of amides is 1. The molecule has 2 rings (SSSR count). The Kier molecular flexibility index (Phi) is 4.08. The number of aromatic nitrogens is 2. The fourth-order valence-corrected chi connectivity index (χ4v) is 2.37. The number of hydrogen-bond acceptors (Lipinski definition) is 6. The summed E-state index contributed by atoms with van der Waals surface area (Å²) in [5, 5.41) is 5.74. The van der Waals surface area contributed by atoms with Crippen LogP contribution in [0.5, 0.6) is 0 Å². The second-order valence-corrected chi connectivity index (χ2v) is 4.99. The van der Waals surface area contributed by atoms with Gasteiger partial charge in [-0.1, -0.05) is 0 Å². The van der Waals surface area contributed by atoms with Crippen LogP contribution >= 0.6 is 11.3 Å². The lowest BCUT2D eigenvalue weighted by molar-refractivity contribution is 0.0939. The van der Waals surface area contributed by atoms with E-state index in [0.717, 1.165) is 10.7 Å². The molecule has 2 aromatic rings. The molecule has 1 amide bonds. The maximum Gasteiger partial charge on any atom is 0.252 e. The van der Waals surface area contributed by atoms with Crippen molar-refractivity contribution in [3.63, 3.8) is 0 Å². The molecule has 4 N–H and O–H groups in total. The zero-order valence-corrected chi connectivity index (χ0v) is 11.5. The number of hydrazine groups is 1. The largest absolute Gasteiger partial charge is 0.343 e. The van der Waals surface area contributed by atoms with Gasteiger partial charge in [0.25, 0.3) is 5.91 Å². The number of carbonyl (C=O) groups is 1. The number of pyridine rings is 1. The van der Waals surface area contributed by atoms with E-state index in [9.17, 15) is 4.79 Å². The first-order chi connectivity index (χ1) is 9.10. The van der Waals surface area contributed by atoms with Crippen LogP contribution in [0.3, 0.4) is 0 Å². The van der Waals surface area contributed by atoms with Crippen molar-refractivity contribution in [2.24, 2.45) is 5.84 Å². The third-order valence-corrected chi connectivity index (χ3v) is 3.67. The summed E-state index contributed by atoms with van der Waals surface area (Å²) in [7, 11) is 0. The third-order valence-electron chi connectivity index (χ3n) is 2.52. The molecular formula is C12H15N5OS. The van der Waals surface area contributed by atoms with Crippen LogP contribution in [0.15, 0.2) is 23.7 Å². The van der Waals surface area contributed by atoms with Crippen LogP contribution in [0.4, 0.5) is 5.82 Å². The van der Waals surface area contributed by atoms with E-state index in [1.54, 1.807) is 12.1 Å². The third kappa shape index (κ3) is 3.27. The number of rotatable bonds is 4. The molecule has 7 heteroatoms. The van der Waals surface area contributed by atoms with E-state index in [0.29, 0.717) is 11.4 Å². The number of thiazole rings is 1. The molecule has 0 spiro atoms. The lowest BCUT2D eigenvalue weighted by Gasteiger charge is -2.11. The van der Waals surface area contributed by atoms with Crippen molar-refractivity contribution < 1.29 is 4.79 Å². The maximum absolute atomic E-state index is 12.1. The normalized spacial score (nSPS) is 11.9. The highest BCUT2D eigenvalue weighted by atomic mass is 32.1. The first-order valence-electron chi connectivity index (χ1n) is 5.75. The van der Waals surface area contributed by atoms with Crippen LogP contribution in [-0.4, -0.2) is 15.9 Å². The Morgan fingerprint density at radius 2 is 2.32 bits per heavy atom. The zero-order valence-electron chi connectivity index (χ0n) is 10.7. The van der Waals surface area contributed by atoms with Gasteiger partial charge in [0.05, 0.1) is 6.04 Å². The molecule has 1 atom stereocenters. The van der Waals surface area contributed by atoms with Crippen molar-refractivity contribution in [1.29, 1.82) is 0 Å². The fraction of sp³-hybridized carbons (Fsp3) is 0.250. The lowest BCUT2D eigenvalue weighted by Crippen LogP contribution is -2.26. The van der Waals surface area contributed by atoms with Gasteiger partial charge in [-0.05, 0) is 26.0 Å². The highest BCUT2D eigenvalue weighted by molar-refractivity contribution is 7.09. The topological polar surface area (TPSA) is 92.9 Å². The number of carbonyl (C=O) groups excluding carboxylic acids is 1. The molecule has 0 radical (unpaired) electrons. The van der Waals surface area contributed by atoms with Gasteiger partial charge >= 0.3 is 0 Å². The molecule has 6 nitrogen and oxygen atoms in total. The molecule has 0 saturated carbocycles. The van der Waals surface area contributed by atoms with E-state index in [1.807, 2.05) is 19.2 Å². The molecule has 0 bridgehead atoms. The van der Waals surface area contributed by atoms with Crippen LogP contribution in [0.25, 0.3) is 0 Å². The molecule has 2 heterocycles. The van der Waals surface area contributed by atoms with E-state index in [2.05, 4.69) is 20.7 Å². The predicted molar refractivity (Wildman–Crippen MR) is 74.8 cm³/mol. The Morgan fingerprint density at radius 1 is 1.53 bits per heavy atom. The van der Waals surface area contributed by atoms with Crippen molar-refractivity contribution in [2.45, 2.75) is 19.9 Å². The summed E-state index contributed by atoms with van der Waals surface area (Å²) in [5.74, 6) is 5.53. The highest BCUT2D eigenvalue weighted by Crippen LogP contribution is 2.18. The number of nitrogens with two attached hydrogens (primary N) is 1. The summed E-state index contributed by atoms with van der Waals surface area (Å²) in [6.45, 7) is 3.83. The van der Waals surface area contributed by atoms with Gasteiger partial charge in [-0.3, -0.25) is 4.79 Å². The van der Waals surface area contributed by atoms with E-state index < -0.39 is 0 Å². The van der Waals surface area contributed by atoms with E-state index in [4.69, 9.17) is 5.84 Å². The van der Waals surface area contributed by atoms with E-state index in [1.165, 1.54) is 17.5 Å². The van der Waals surface area contributed by atoms with Gasteiger partial charge in [-0.25, -0.2) is 15.8 Å². The average Bonchev–Trinajstić information content (AvgIpc) is 2.85. The molecule has 19 heavy (non-hydrogen) atoms. The Morgan fingerprint density at radius 3 is 2.95 bits per heavy atom. The van der Waals surface area contributed by atoms with Gasteiger partial charge in [0.1, 0.15) is 10.8 Å². The van der Waals surface area contributed by atoms with Crippen molar-refractivity contribution >= 4 is 23.1 Å². The summed E-state index contributed by atoms with van der Waals surface area (Å²) in [4.78, 5) is 20.4. The smallest absolute Gasteiger partial charge is 0.252 e. The van der Waals surface area contributed by atoms with Crippen molar-refractivity contribution in [2.75, 3.05) is 5.43 Å². The van der Waals surface area contributed by atoms with Crippen LogP contribution in [0, 0.1) is 6.92 Å². The molecule has 0 aliphatic carbocycles. The Balaban J connectivity index is 2.08. The van der Waals surface area contributed by atoms with Gasteiger partial charge in [0.15, 0.2) is 0 Å². The van der Waals surface area contributed by atoms with E-state index in [-0.39, 0.29) is 11.9 Å². The maximum atomic E-state index is 12.1. The first kappa shape index (κ1) is 13.4. The molecular weight excluding hydrogens is 262 g/mol. The van der Waals surface area contributed by atoms with E-state index >= 15 is 0 Å². The Hall–Kier alpha value is -1.99. The summed E-state index contributed by atoms with van der Waals surface area (Å²) in [5.41, 5.74) is 3.87. The summed E-state index contributed by atoms with van der Waals surface area (Å²) in [6, 6.07) is 3.10. The molecule has 0 aromatic carbocycles. The number of nitrogen functional groups attached to an aromatic ring is 1. The van der Waals surface area contributed by atoms with Crippen molar-refractivity contribution in [3.05, 3.63) is 40.0 Å². The van der Waals surface area contributed by atoms with Gasteiger partial charge in [-0.2, -0.15) is 0 Å². The van der Waals surface area contributed by atoms with Gasteiger partial charge < -0.3 is 10.7 Å². The number of aryl methyl sites for hydroxylation is 1. The van der Waals surface area contributed by atoms with Crippen molar-refractivity contribution in [3.8, 4) is 0 Å². The summed E-state index contributed by atoms with van der Waals surface area (Å²) in [6.07, 6.45) is 1.53. The van der Waals surface area contributed by atoms with Crippen molar-refractivity contribution in [1.82, 2.24) is 15.3 Å². The number of hydrogen-bond donors (Lipinski definition) is 3. The number of nitrogens with zero attached hydrogens (tertiary/aromatic N) is 2. The fourth-order valence-electron chi connectivity index (χ4n) is 1.56. The molecule has 0 saturated heterocycles. The van der Waals surface area contributed by atoms with Crippen LogP contribution in [0.1, 0.15) is 34.0 Å². The molecule has 0 aliphatic rings. The van der Waals surface area contributed by atoms with Gasteiger partial charge in [-0.15, -0.1) is 11.3 Å². The molecule has 1 unspecified atom stereocenters. The quantitative estimate of drug-likeness (QED) is 0.583. The van der Waals surface area contributed by atoms with Crippen LogP contribution in [-0.2, 0) is 0 Å². The summed E-state index contributed by atoms with van der Waals surface area (Å²) >= 11 is 1.53. The lowest BCUT2D eigenvalue weighted by atomic mass is 10.2. The molecule has 100 valence electrons. The standard InChI is InChI=1S/C12H15N5OS/c1-7-6-19-12(15-7)8(2)16-11(18)9-3-4-14-10(5-9)17-13/h3-6,8H,13H2,1-2H3,(H,14,17)(H,16,18). The number of anilines is 1. The van der Waals surface area contributed by atoms with Crippen LogP contribution < -0.4 is 16.6 Å². The minimum absolute atomic E-state index is 0.131.